The number of unbranched alkanes of at least 4 members (excludes halogenated alkanes) is 6. The number of hydrogen-bond donors (Lipinski definition) is 5. The van der Waals surface area contributed by atoms with Crippen LogP contribution in [0.1, 0.15) is 72.1 Å². The van der Waals surface area contributed by atoms with Gasteiger partial charge in [0.2, 0.25) is 5.91 Å². The van der Waals surface area contributed by atoms with Crippen LogP contribution in [0.3, 0.4) is 0 Å². The SMILES string of the molecule is CCCCCCOc1ccc(-c2ccc(-c3ccc(OCCCCCC)cc3)c(OCCOCCOCCOCCON(C[C@H](O)[C@@H](O)[C@H](O)[C@H](O)CO)C(C)=O)c2)cc1. The fourth-order valence-corrected chi connectivity index (χ4v) is 6.04. The minimum Gasteiger partial charge on any atom is -0.494 e. The molecule has 3 rings (SSSR count). The molecule has 0 aliphatic carbocycles. The van der Waals surface area contributed by atoms with Gasteiger partial charge in [0.25, 0.3) is 0 Å². The lowest BCUT2D eigenvalue weighted by atomic mass is 9.99. The third-order valence-corrected chi connectivity index (χ3v) is 9.60. The molecule has 3 aromatic rings. The summed E-state index contributed by atoms with van der Waals surface area (Å²) in [5, 5.41) is 49.1. The normalized spacial score (nSPS) is 13.4. The first-order valence-electron chi connectivity index (χ1n) is 21.4. The molecule has 60 heavy (non-hydrogen) atoms. The van der Waals surface area contributed by atoms with Gasteiger partial charge < -0.3 is 54.0 Å². The highest BCUT2D eigenvalue weighted by atomic mass is 16.7. The maximum atomic E-state index is 11.9. The number of carbonyl (C=O) groups is 1. The standard InChI is InChI=1S/C46H69NO13/c1-4-6-8-10-22-57-39-17-12-36(13-18-39)38-16-21-41(37-14-19-40(20-15-37)58-23-11-9-7-5-2)44(32-38)59-30-28-55-26-24-54-25-27-56-29-31-60-47(35(3)49)33-42(50)45(52)46(53)43(51)34-48/h12-21,32,42-43,45-46,48,50-53H,4-11,22-31,33-34H2,1-3H3/t42-,43+,45+,46+/m0/s1. The van der Waals surface area contributed by atoms with Crippen LogP contribution in [0.15, 0.2) is 66.7 Å². The van der Waals surface area contributed by atoms with Gasteiger partial charge in [-0.1, -0.05) is 88.8 Å². The molecule has 0 unspecified atom stereocenters. The first-order valence-corrected chi connectivity index (χ1v) is 21.4. The van der Waals surface area contributed by atoms with E-state index in [0.717, 1.165) is 64.0 Å². The zero-order valence-corrected chi connectivity index (χ0v) is 35.8. The van der Waals surface area contributed by atoms with E-state index in [1.54, 1.807) is 0 Å². The van der Waals surface area contributed by atoms with Gasteiger partial charge in [-0.15, -0.1) is 0 Å². The molecule has 0 spiro atoms. The molecule has 1 amide bonds. The zero-order chi connectivity index (χ0) is 43.4. The Morgan fingerprint density at radius 3 is 1.55 bits per heavy atom. The Hall–Kier alpha value is -3.83. The molecule has 0 fully saturated rings. The van der Waals surface area contributed by atoms with Crippen LogP contribution in [-0.4, -0.2) is 140 Å². The highest BCUT2D eigenvalue weighted by Crippen LogP contribution is 2.36. The van der Waals surface area contributed by atoms with Gasteiger partial charge in [-0.2, -0.15) is 0 Å². The first kappa shape index (κ1) is 50.5. The Kier molecular flexibility index (Phi) is 25.5. The van der Waals surface area contributed by atoms with Crippen LogP contribution in [0.5, 0.6) is 17.2 Å². The number of nitrogens with zero attached hydrogens (tertiary/aromatic N) is 1. The predicted molar refractivity (Wildman–Crippen MR) is 229 cm³/mol. The quantitative estimate of drug-likeness (QED) is 0.0371. The van der Waals surface area contributed by atoms with Crippen LogP contribution in [0.2, 0.25) is 0 Å². The highest BCUT2D eigenvalue weighted by Gasteiger charge is 2.32. The molecule has 4 atom stereocenters. The molecule has 14 nitrogen and oxygen atoms in total. The van der Waals surface area contributed by atoms with Crippen molar-refractivity contribution in [2.24, 2.45) is 0 Å². The molecular formula is C46H69NO13. The summed E-state index contributed by atoms with van der Waals surface area (Å²) in [5.41, 5.74) is 4.08. The van der Waals surface area contributed by atoms with Gasteiger partial charge in [0, 0.05) is 12.5 Å². The van der Waals surface area contributed by atoms with Crippen LogP contribution < -0.4 is 14.2 Å². The zero-order valence-electron chi connectivity index (χ0n) is 35.8. The molecular weight excluding hydrogens is 775 g/mol. The number of aliphatic hydroxyl groups excluding tert-OH is 5. The second kappa shape index (κ2) is 30.2. The van der Waals surface area contributed by atoms with Crippen molar-refractivity contribution in [2.45, 2.75) is 96.6 Å². The number of ether oxygens (including phenoxy) is 6. The Balaban J connectivity index is 1.43. The van der Waals surface area contributed by atoms with E-state index < -0.39 is 43.5 Å². The fraction of sp³-hybridized carbons (Fsp3) is 0.587. The Morgan fingerprint density at radius 1 is 0.550 bits per heavy atom. The van der Waals surface area contributed by atoms with Crippen molar-refractivity contribution in [1.82, 2.24) is 5.06 Å². The largest absolute Gasteiger partial charge is 0.494 e. The fourth-order valence-electron chi connectivity index (χ4n) is 6.04. The number of amides is 1. The summed E-state index contributed by atoms with van der Waals surface area (Å²) < 4.78 is 35.1. The second-order valence-electron chi connectivity index (χ2n) is 14.5. The summed E-state index contributed by atoms with van der Waals surface area (Å²) in [6.45, 7) is 7.80. The second-order valence-corrected chi connectivity index (χ2v) is 14.5. The van der Waals surface area contributed by atoms with E-state index in [4.69, 9.17) is 38.4 Å². The molecule has 0 aromatic heterocycles. The predicted octanol–water partition coefficient (Wildman–Crippen LogP) is 5.58. The third-order valence-electron chi connectivity index (χ3n) is 9.60. The smallest absolute Gasteiger partial charge is 0.243 e. The minimum absolute atomic E-state index is 0.0304. The maximum Gasteiger partial charge on any atom is 0.243 e. The van der Waals surface area contributed by atoms with E-state index in [2.05, 4.69) is 56.3 Å². The van der Waals surface area contributed by atoms with Crippen molar-refractivity contribution in [3.63, 3.8) is 0 Å². The van der Waals surface area contributed by atoms with Crippen molar-refractivity contribution in [3.8, 4) is 39.5 Å². The molecule has 0 bridgehead atoms. The molecule has 0 heterocycles. The van der Waals surface area contributed by atoms with Gasteiger partial charge in [-0.05, 0) is 59.9 Å². The van der Waals surface area contributed by atoms with Crippen molar-refractivity contribution in [1.29, 1.82) is 0 Å². The summed E-state index contributed by atoms with van der Waals surface area (Å²) in [6, 6.07) is 22.5. The van der Waals surface area contributed by atoms with Gasteiger partial charge >= 0.3 is 0 Å². The van der Waals surface area contributed by atoms with E-state index >= 15 is 0 Å². The van der Waals surface area contributed by atoms with Crippen molar-refractivity contribution >= 4 is 5.91 Å². The lowest BCUT2D eigenvalue weighted by molar-refractivity contribution is -0.204. The van der Waals surface area contributed by atoms with Crippen molar-refractivity contribution in [2.75, 3.05) is 79.2 Å². The van der Waals surface area contributed by atoms with Gasteiger partial charge in [0.1, 0.15) is 48.3 Å². The van der Waals surface area contributed by atoms with Crippen LogP contribution in [-0.2, 0) is 23.8 Å². The van der Waals surface area contributed by atoms with Gasteiger partial charge in [-0.3, -0.25) is 9.63 Å². The van der Waals surface area contributed by atoms with Gasteiger partial charge in [0.05, 0.1) is 72.6 Å². The summed E-state index contributed by atoms with van der Waals surface area (Å²) in [7, 11) is 0. The number of hydrogen-bond acceptors (Lipinski definition) is 13. The van der Waals surface area contributed by atoms with E-state index in [1.807, 2.05) is 24.3 Å². The molecule has 3 aromatic carbocycles. The molecule has 0 saturated heterocycles. The van der Waals surface area contributed by atoms with E-state index in [9.17, 15) is 25.2 Å². The summed E-state index contributed by atoms with van der Waals surface area (Å²) in [4.78, 5) is 17.2. The van der Waals surface area contributed by atoms with Crippen LogP contribution >= 0.6 is 0 Å². The van der Waals surface area contributed by atoms with Crippen LogP contribution in [0.25, 0.3) is 22.3 Å². The van der Waals surface area contributed by atoms with E-state index in [1.165, 1.54) is 45.4 Å². The van der Waals surface area contributed by atoms with Gasteiger partial charge in [-0.25, -0.2) is 5.06 Å². The number of aliphatic hydroxyl groups is 5. The maximum absolute atomic E-state index is 11.9. The lowest BCUT2D eigenvalue weighted by Gasteiger charge is -2.29. The highest BCUT2D eigenvalue weighted by molar-refractivity contribution is 5.77. The number of rotatable bonds is 34. The molecule has 336 valence electrons. The monoisotopic (exact) mass is 843 g/mol. The number of hydroxylamine groups is 2. The average molecular weight is 844 g/mol. The topological polar surface area (TPSA) is 186 Å². The molecule has 0 aliphatic heterocycles. The Labute approximate surface area is 355 Å². The van der Waals surface area contributed by atoms with Crippen LogP contribution in [0, 0.1) is 0 Å². The minimum atomic E-state index is -1.81. The first-order chi connectivity index (χ1) is 29.2. The number of carbonyl (C=O) groups excluding carboxylic acids is 1. The Bertz CT molecular complexity index is 1560. The molecule has 5 N–H and O–H groups in total. The van der Waals surface area contributed by atoms with Crippen molar-refractivity contribution < 1.29 is 63.6 Å². The molecule has 0 radical (unpaired) electrons. The average Bonchev–Trinajstić information content (AvgIpc) is 3.26. The molecule has 14 heteroatoms. The molecule has 0 saturated carbocycles. The van der Waals surface area contributed by atoms with Gasteiger partial charge in [0.15, 0.2) is 0 Å². The van der Waals surface area contributed by atoms with E-state index in [0.29, 0.717) is 39.6 Å². The number of benzene rings is 3. The van der Waals surface area contributed by atoms with E-state index in [-0.39, 0.29) is 19.8 Å². The summed E-state index contributed by atoms with van der Waals surface area (Å²) in [6.07, 6.45) is 2.38. The summed E-state index contributed by atoms with van der Waals surface area (Å²) >= 11 is 0. The summed E-state index contributed by atoms with van der Waals surface area (Å²) in [5.74, 6) is 1.91. The lowest BCUT2D eigenvalue weighted by Crippen LogP contribution is -2.50. The molecule has 0 aliphatic rings. The van der Waals surface area contributed by atoms with Crippen LogP contribution in [0.4, 0.5) is 0 Å². The Morgan fingerprint density at radius 2 is 1.03 bits per heavy atom. The third kappa shape index (κ3) is 19.3. The van der Waals surface area contributed by atoms with Crippen molar-refractivity contribution in [3.05, 3.63) is 66.7 Å².